The number of fused-ring (bicyclic) bond motifs is 1. The number of benzene rings is 3. The van der Waals surface area contributed by atoms with Crippen molar-refractivity contribution < 1.29 is 9.84 Å². The molecule has 0 radical (unpaired) electrons. The lowest BCUT2D eigenvalue weighted by molar-refractivity contribution is 0.122. The highest BCUT2D eigenvalue weighted by Gasteiger charge is 2.12. The second-order valence-corrected chi connectivity index (χ2v) is 7.22. The van der Waals surface area contributed by atoms with Crippen LogP contribution in [0.1, 0.15) is 11.1 Å². The molecule has 0 saturated carbocycles. The number of phenols is 1. The molecule has 27 heavy (non-hydrogen) atoms. The Morgan fingerprint density at radius 1 is 0.926 bits per heavy atom. The van der Waals surface area contributed by atoms with Crippen LogP contribution in [-0.4, -0.2) is 43.4 Å². The molecule has 1 heterocycles. The minimum Gasteiger partial charge on any atom is -0.508 e. The molecule has 4 heteroatoms. The smallest absolute Gasteiger partial charge is 0.120 e. The van der Waals surface area contributed by atoms with E-state index in [2.05, 4.69) is 53.2 Å². The maximum Gasteiger partial charge on any atom is 0.120 e. The van der Waals surface area contributed by atoms with Gasteiger partial charge in [0.15, 0.2) is 0 Å². The quantitative estimate of drug-likeness (QED) is 0.744. The van der Waals surface area contributed by atoms with Gasteiger partial charge < -0.3 is 14.7 Å². The van der Waals surface area contributed by atoms with Crippen molar-refractivity contribution in [2.75, 3.05) is 38.3 Å². The lowest BCUT2D eigenvalue weighted by atomic mass is 10.0. The molecule has 140 valence electrons. The maximum absolute atomic E-state index is 10.4. The van der Waals surface area contributed by atoms with Crippen LogP contribution in [0.25, 0.3) is 10.8 Å². The third-order valence-corrected chi connectivity index (χ3v) is 5.21. The minimum absolute atomic E-state index is 0.364. The van der Waals surface area contributed by atoms with Gasteiger partial charge in [0.25, 0.3) is 0 Å². The SMILES string of the molecule is CN(Cc1ccc(N2CCOCC2)cc1)Cc1c(O)ccc2ccccc12. The van der Waals surface area contributed by atoms with Crippen molar-refractivity contribution >= 4 is 16.5 Å². The normalized spacial score (nSPS) is 14.8. The maximum atomic E-state index is 10.4. The van der Waals surface area contributed by atoms with Crippen molar-refractivity contribution in [3.05, 3.63) is 71.8 Å². The zero-order chi connectivity index (χ0) is 18.6. The van der Waals surface area contributed by atoms with Gasteiger partial charge in [-0.15, -0.1) is 0 Å². The van der Waals surface area contributed by atoms with E-state index in [1.54, 1.807) is 6.07 Å². The van der Waals surface area contributed by atoms with E-state index >= 15 is 0 Å². The largest absolute Gasteiger partial charge is 0.508 e. The van der Waals surface area contributed by atoms with Crippen LogP contribution in [0.2, 0.25) is 0 Å². The van der Waals surface area contributed by atoms with Crippen LogP contribution < -0.4 is 4.90 Å². The summed E-state index contributed by atoms with van der Waals surface area (Å²) >= 11 is 0. The van der Waals surface area contributed by atoms with Crippen LogP contribution in [-0.2, 0) is 17.8 Å². The van der Waals surface area contributed by atoms with Crippen molar-refractivity contribution in [2.45, 2.75) is 13.1 Å². The van der Waals surface area contributed by atoms with E-state index in [-0.39, 0.29) is 0 Å². The van der Waals surface area contributed by atoms with Crippen LogP contribution in [0, 0.1) is 0 Å². The first-order chi connectivity index (χ1) is 13.2. The number of aromatic hydroxyl groups is 1. The molecule has 3 aromatic rings. The molecule has 1 saturated heterocycles. The lowest BCUT2D eigenvalue weighted by Gasteiger charge is -2.29. The Hall–Kier alpha value is -2.56. The Labute approximate surface area is 160 Å². The van der Waals surface area contributed by atoms with E-state index in [4.69, 9.17) is 4.74 Å². The summed E-state index contributed by atoms with van der Waals surface area (Å²) in [5, 5.41) is 12.6. The van der Waals surface area contributed by atoms with Gasteiger partial charge in [-0.05, 0) is 41.6 Å². The van der Waals surface area contributed by atoms with Crippen molar-refractivity contribution in [1.29, 1.82) is 0 Å². The summed E-state index contributed by atoms with van der Waals surface area (Å²) in [5.41, 5.74) is 3.52. The van der Waals surface area contributed by atoms with Gasteiger partial charge >= 0.3 is 0 Å². The van der Waals surface area contributed by atoms with Crippen molar-refractivity contribution in [3.63, 3.8) is 0 Å². The number of hydrogen-bond acceptors (Lipinski definition) is 4. The molecule has 0 unspecified atom stereocenters. The average molecular weight is 362 g/mol. The van der Waals surface area contributed by atoms with E-state index in [0.29, 0.717) is 12.3 Å². The number of morpholine rings is 1. The summed E-state index contributed by atoms with van der Waals surface area (Å²) in [7, 11) is 2.09. The molecular weight excluding hydrogens is 336 g/mol. The number of ether oxygens (including phenoxy) is 1. The molecule has 1 aliphatic rings. The summed E-state index contributed by atoms with van der Waals surface area (Å²) in [6.07, 6.45) is 0. The highest BCUT2D eigenvalue weighted by molar-refractivity contribution is 5.87. The zero-order valence-corrected chi connectivity index (χ0v) is 15.8. The van der Waals surface area contributed by atoms with Crippen LogP contribution in [0.5, 0.6) is 5.75 Å². The molecule has 3 aromatic carbocycles. The standard InChI is InChI=1S/C23H26N2O2/c1-24(17-22-21-5-3-2-4-19(21)8-11-23(22)26)16-18-6-9-20(10-7-18)25-12-14-27-15-13-25/h2-11,26H,12-17H2,1H3. The van der Waals surface area contributed by atoms with Gasteiger partial charge in [0, 0.05) is 37.4 Å². The van der Waals surface area contributed by atoms with Gasteiger partial charge in [0.2, 0.25) is 0 Å². The van der Waals surface area contributed by atoms with Crippen LogP contribution in [0.15, 0.2) is 60.7 Å². The number of hydrogen-bond donors (Lipinski definition) is 1. The predicted molar refractivity (Wildman–Crippen MR) is 110 cm³/mol. The second-order valence-electron chi connectivity index (χ2n) is 7.22. The van der Waals surface area contributed by atoms with E-state index in [0.717, 1.165) is 49.2 Å². The first kappa shape index (κ1) is 17.8. The van der Waals surface area contributed by atoms with Gasteiger partial charge in [-0.1, -0.05) is 42.5 Å². The van der Waals surface area contributed by atoms with Crippen molar-refractivity contribution in [3.8, 4) is 5.75 Å². The zero-order valence-electron chi connectivity index (χ0n) is 15.8. The minimum atomic E-state index is 0.364. The molecule has 1 N–H and O–H groups in total. The van der Waals surface area contributed by atoms with Gasteiger partial charge in [-0.25, -0.2) is 0 Å². The fourth-order valence-corrected chi connectivity index (χ4v) is 3.76. The molecule has 0 spiro atoms. The number of rotatable bonds is 5. The fourth-order valence-electron chi connectivity index (χ4n) is 3.76. The Kier molecular flexibility index (Phi) is 5.28. The highest BCUT2D eigenvalue weighted by atomic mass is 16.5. The fraction of sp³-hybridized carbons (Fsp3) is 0.304. The van der Waals surface area contributed by atoms with E-state index in [1.807, 2.05) is 18.2 Å². The average Bonchev–Trinajstić information content (AvgIpc) is 2.71. The van der Waals surface area contributed by atoms with Gasteiger partial charge in [-0.2, -0.15) is 0 Å². The first-order valence-corrected chi connectivity index (χ1v) is 9.50. The number of phenolic OH excluding ortho intramolecular Hbond substituents is 1. The van der Waals surface area contributed by atoms with Gasteiger partial charge in [-0.3, -0.25) is 4.90 Å². The summed E-state index contributed by atoms with van der Waals surface area (Å²) in [6, 6.07) is 20.8. The van der Waals surface area contributed by atoms with Crippen LogP contribution in [0.4, 0.5) is 5.69 Å². The Morgan fingerprint density at radius 3 is 2.44 bits per heavy atom. The summed E-state index contributed by atoms with van der Waals surface area (Å²) < 4.78 is 5.43. The lowest BCUT2D eigenvalue weighted by Crippen LogP contribution is -2.36. The third kappa shape index (κ3) is 4.07. The molecule has 0 atom stereocenters. The number of nitrogens with zero attached hydrogens (tertiary/aromatic N) is 2. The van der Waals surface area contributed by atoms with E-state index < -0.39 is 0 Å². The Bertz CT molecular complexity index is 902. The molecule has 4 rings (SSSR count). The van der Waals surface area contributed by atoms with E-state index in [9.17, 15) is 5.11 Å². The van der Waals surface area contributed by atoms with Gasteiger partial charge in [0.1, 0.15) is 5.75 Å². The molecule has 0 amide bonds. The Balaban J connectivity index is 1.45. The highest BCUT2D eigenvalue weighted by Crippen LogP contribution is 2.28. The van der Waals surface area contributed by atoms with E-state index in [1.165, 1.54) is 11.3 Å². The molecule has 0 aliphatic carbocycles. The topological polar surface area (TPSA) is 35.9 Å². The first-order valence-electron chi connectivity index (χ1n) is 9.50. The summed E-state index contributed by atoms with van der Waals surface area (Å²) in [5.74, 6) is 0.364. The molecule has 1 aliphatic heterocycles. The van der Waals surface area contributed by atoms with Crippen molar-refractivity contribution in [1.82, 2.24) is 4.90 Å². The molecule has 0 aromatic heterocycles. The van der Waals surface area contributed by atoms with Gasteiger partial charge in [0.05, 0.1) is 13.2 Å². The van der Waals surface area contributed by atoms with Crippen molar-refractivity contribution in [2.24, 2.45) is 0 Å². The number of anilines is 1. The monoisotopic (exact) mass is 362 g/mol. The van der Waals surface area contributed by atoms with Crippen LogP contribution >= 0.6 is 0 Å². The molecule has 4 nitrogen and oxygen atoms in total. The Morgan fingerprint density at radius 2 is 1.67 bits per heavy atom. The predicted octanol–water partition coefficient (Wildman–Crippen LogP) is 4.01. The summed E-state index contributed by atoms with van der Waals surface area (Å²) in [4.78, 5) is 4.61. The van der Waals surface area contributed by atoms with Crippen LogP contribution in [0.3, 0.4) is 0 Å². The second kappa shape index (κ2) is 7.99. The molecular formula is C23H26N2O2. The third-order valence-electron chi connectivity index (χ3n) is 5.21. The molecule has 0 bridgehead atoms. The molecule has 1 fully saturated rings. The summed E-state index contributed by atoms with van der Waals surface area (Å²) in [6.45, 7) is 5.07.